The summed E-state index contributed by atoms with van der Waals surface area (Å²) in [4.78, 5) is 2.65. The van der Waals surface area contributed by atoms with E-state index in [1.54, 1.807) is 0 Å². The Morgan fingerprint density at radius 3 is 2.58 bits per heavy atom. The fraction of sp³-hybridized carbons (Fsp3) is 1.00. The van der Waals surface area contributed by atoms with Crippen LogP contribution in [0.2, 0.25) is 0 Å². The zero-order valence-corrected chi connectivity index (χ0v) is 13.0. The van der Waals surface area contributed by atoms with Crippen molar-refractivity contribution in [1.82, 2.24) is 10.2 Å². The molecule has 0 aromatic rings. The average molecular weight is 268 g/mol. The first-order valence-corrected chi connectivity index (χ1v) is 8.28. The maximum absolute atomic E-state index is 9.91. The van der Waals surface area contributed by atoms with Crippen LogP contribution in [0.15, 0.2) is 0 Å². The predicted molar refractivity (Wildman–Crippen MR) is 80.4 cm³/mol. The number of aliphatic hydroxyl groups is 1. The van der Waals surface area contributed by atoms with Crippen molar-refractivity contribution in [1.29, 1.82) is 0 Å². The number of aliphatic hydroxyl groups excluding tert-OH is 1. The Morgan fingerprint density at radius 1 is 1.32 bits per heavy atom. The van der Waals surface area contributed by atoms with Crippen LogP contribution in [0, 0.1) is 0 Å². The van der Waals surface area contributed by atoms with Gasteiger partial charge >= 0.3 is 0 Å². The van der Waals surface area contributed by atoms with Crippen LogP contribution in [-0.4, -0.2) is 46.8 Å². The minimum Gasteiger partial charge on any atom is -0.394 e. The van der Waals surface area contributed by atoms with Crippen molar-refractivity contribution in [2.75, 3.05) is 13.2 Å². The Bertz CT molecular complexity index is 280. The quantitative estimate of drug-likeness (QED) is 0.745. The molecule has 3 unspecified atom stereocenters. The van der Waals surface area contributed by atoms with Crippen molar-refractivity contribution < 1.29 is 5.11 Å². The number of nitrogens with one attached hydrogen (secondary N) is 1. The van der Waals surface area contributed by atoms with Crippen LogP contribution in [0.3, 0.4) is 0 Å². The second-order valence-corrected chi connectivity index (χ2v) is 6.69. The van der Waals surface area contributed by atoms with E-state index in [9.17, 15) is 5.11 Å². The molecule has 19 heavy (non-hydrogen) atoms. The van der Waals surface area contributed by atoms with Gasteiger partial charge in [0.1, 0.15) is 0 Å². The number of hydrogen-bond acceptors (Lipinski definition) is 3. The summed E-state index contributed by atoms with van der Waals surface area (Å²) >= 11 is 0. The standard InChI is InChI=1S/C16H32N2O/c1-4-13(3)18(5-2)15-7-6-10-16(11-15,12-19)17-14-8-9-14/h13-15,17,19H,4-12H2,1-3H3. The molecule has 3 nitrogen and oxygen atoms in total. The molecule has 0 spiro atoms. The van der Waals surface area contributed by atoms with Crippen molar-refractivity contribution >= 4 is 0 Å². The first-order valence-electron chi connectivity index (χ1n) is 8.28. The summed E-state index contributed by atoms with van der Waals surface area (Å²) in [6.45, 7) is 8.32. The van der Waals surface area contributed by atoms with Gasteiger partial charge in [-0.05, 0) is 58.4 Å². The van der Waals surface area contributed by atoms with Gasteiger partial charge in [-0.3, -0.25) is 4.90 Å². The third kappa shape index (κ3) is 3.71. The summed E-state index contributed by atoms with van der Waals surface area (Å²) in [6, 6.07) is 1.99. The van der Waals surface area contributed by atoms with E-state index in [4.69, 9.17) is 0 Å². The maximum Gasteiger partial charge on any atom is 0.0613 e. The van der Waals surface area contributed by atoms with E-state index in [1.807, 2.05) is 0 Å². The largest absolute Gasteiger partial charge is 0.394 e. The molecule has 2 aliphatic rings. The van der Waals surface area contributed by atoms with E-state index in [1.165, 1.54) is 32.1 Å². The molecule has 3 atom stereocenters. The summed E-state index contributed by atoms with van der Waals surface area (Å²) in [7, 11) is 0. The third-order valence-corrected chi connectivity index (χ3v) is 5.20. The molecule has 2 rings (SSSR count). The lowest BCUT2D eigenvalue weighted by Crippen LogP contribution is -2.57. The van der Waals surface area contributed by atoms with E-state index in [-0.39, 0.29) is 5.54 Å². The van der Waals surface area contributed by atoms with Gasteiger partial charge in [-0.2, -0.15) is 0 Å². The van der Waals surface area contributed by atoms with Crippen molar-refractivity contribution in [2.45, 2.75) is 89.4 Å². The number of hydrogen-bond donors (Lipinski definition) is 2. The van der Waals surface area contributed by atoms with Crippen LogP contribution in [0.5, 0.6) is 0 Å². The van der Waals surface area contributed by atoms with Crippen LogP contribution in [-0.2, 0) is 0 Å². The molecule has 0 radical (unpaired) electrons. The molecular formula is C16H32N2O. The smallest absolute Gasteiger partial charge is 0.0613 e. The Kier molecular flexibility index (Phi) is 5.27. The number of rotatable bonds is 7. The van der Waals surface area contributed by atoms with Gasteiger partial charge in [0.05, 0.1) is 6.61 Å². The Labute approximate surface area is 118 Å². The second kappa shape index (κ2) is 6.55. The van der Waals surface area contributed by atoms with Crippen LogP contribution in [0.1, 0.15) is 65.7 Å². The predicted octanol–water partition coefficient (Wildman–Crippen LogP) is 2.53. The highest BCUT2D eigenvalue weighted by Crippen LogP contribution is 2.35. The molecule has 3 heteroatoms. The van der Waals surface area contributed by atoms with E-state index in [2.05, 4.69) is 31.0 Å². The van der Waals surface area contributed by atoms with E-state index in [0.717, 1.165) is 19.4 Å². The molecule has 0 aliphatic heterocycles. The van der Waals surface area contributed by atoms with Gasteiger partial charge in [0, 0.05) is 23.7 Å². The normalized spacial score (nSPS) is 33.6. The molecule has 0 heterocycles. The molecule has 0 amide bonds. The highest BCUT2D eigenvalue weighted by Gasteiger charge is 2.41. The van der Waals surface area contributed by atoms with Crippen LogP contribution < -0.4 is 5.32 Å². The molecular weight excluding hydrogens is 236 g/mol. The molecule has 0 aromatic carbocycles. The van der Waals surface area contributed by atoms with Crippen LogP contribution in [0.4, 0.5) is 0 Å². The molecule has 0 bridgehead atoms. The van der Waals surface area contributed by atoms with Crippen molar-refractivity contribution in [3.63, 3.8) is 0 Å². The van der Waals surface area contributed by atoms with Gasteiger partial charge < -0.3 is 10.4 Å². The summed E-state index contributed by atoms with van der Waals surface area (Å²) in [5.74, 6) is 0. The summed E-state index contributed by atoms with van der Waals surface area (Å²) in [5, 5.41) is 13.7. The highest BCUT2D eigenvalue weighted by molar-refractivity contribution is 5.01. The lowest BCUT2D eigenvalue weighted by Gasteiger charge is -2.46. The summed E-state index contributed by atoms with van der Waals surface area (Å²) in [6.07, 6.45) is 8.63. The van der Waals surface area contributed by atoms with Gasteiger partial charge in [-0.15, -0.1) is 0 Å². The second-order valence-electron chi connectivity index (χ2n) is 6.69. The summed E-state index contributed by atoms with van der Waals surface area (Å²) < 4.78 is 0. The first kappa shape index (κ1) is 15.3. The molecule has 0 aromatic heterocycles. The Hall–Kier alpha value is -0.120. The minimum atomic E-state index is 0.00493. The van der Waals surface area contributed by atoms with Gasteiger partial charge in [0.2, 0.25) is 0 Å². The topological polar surface area (TPSA) is 35.5 Å². The monoisotopic (exact) mass is 268 g/mol. The first-order chi connectivity index (χ1) is 9.14. The minimum absolute atomic E-state index is 0.00493. The van der Waals surface area contributed by atoms with Crippen LogP contribution >= 0.6 is 0 Å². The van der Waals surface area contributed by atoms with E-state index in [0.29, 0.717) is 24.7 Å². The van der Waals surface area contributed by atoms with E-state index >= 15 is 0 Å². The molecule has 2 fully saturated rings. The van der Waals surface area contributed by atoms with Crippen molar-refractivity contribution in [2.24, 2.45) is 0 Å². The zero-order valence-electron chi connectivity index (χ0n) is 13.0. The van der Waals surface area contributed by atoms with Gasteiger partial charge in [-0.1, -0.05) is 13.8 Å². The highest BCUT2D eigenvalue weighted by atomic mass is 16.3. The maximum atomic E-state index is 9.91. The molecule has 2 N–H and O–H groups in total. The lowest BCUT2D eigenvalue weighted by molar-refractivity contribution is 0.0427. The van der Waals surface area contributed by atoms with Crippen molar-refractivity contribution in [3.05, 3.63) is 0 Å². The van der Waals surface area contributed by atoms with Gasteiger partial charge in [-0.25, -0.2) is 0 Å². The van der Waals surface area contributed by atoms with Crippen molar-refractivity contribution in [3.8, 4) is 0 Å². The molecule has 0 saturated heterocycles. The lowest BCUT2D eigenvalue weighted by atomic mass is 9.78. The average Bonchev–Trinajstić information content (AvgIpc) is 3.23. The van der Waals surface area contributed by atoms with Crippen LogP contribution in [0.25, 0.3) is 0 Å². The zero-order chi connectivity index (χ0) is 13.9. The third-order valence-electron chi connectivity index (χ3n) is 5.20. The Balaban J connectivity index is 2.00. The van der Waals surface area contributed by atoms with Gasteiger partial charge in [0.25, 0.3) is 0 Å². The SMILES string of the molecule is CCC(C)N(CC)C1CCCC(CO)(NC2CC2)C1. The number of nitrogens with zero attached hydrogens (tertiary/aromatic N) is 1. The fourth-order valence-electron chi connectivity index (χ4n) is 3.76. The molecule has 2 aliphatic carbocycles. The molecule has 2 saturated carbocycles. The van der Waals surface area contributed by atoms with Gasteiger partial charge in [0.15, 0.2) is 0 Å². The summed E-state index contributed by atoms with van der Waals surface area (Å²) in [5.41, 5.74) is 0.00493. The van der Waals surface area contributed by atoms with E-state index < -0.39 is 0 Å². The molecule has 112 valence electrons. The fourth-order valence-corrected chi connectivity index (χ4v) is 3.76. The Morgan fingerprint density at radius 2 is 2.05 bits per heavy atom.